The molecule has 4 nitrogen and oxygen atoms in total. The van der Waals surface area contributed by atoms with Gasteiger partial charge >= 0.3 is 0 Å². The van der Waals surface area contributed by atoms with Gasteiger partial charge in [0.25, 0.3) is 0 Å². The molecule has 4 heteroatoms. The van der Waals surface area contributed by atoms with Crippen molar-refractivity contribution in [2.75, 3.05) is 19.7 Å². The van der Waals surface area contributed by atoms with E-state index in [1.807, 2.05) is 19.1 Å². The third kappa shape index (κ3) is 3.48. The third-order valence-corrected chi connectivity index (χ3v) is 2.44. The Morgan fingerprint density at radius 3 is 2.88 bits per heavy atom. The number of nitrogens with two attached hydrogens (primary N) is 1. The second-order valence-electron chi connectivity index (χ2n) is 3.77. The summed E-state index contributed by atoms with van der Waals surface area (Å²) in [5.74, 6) is 1.71. The first-order valence-corrected chi connectivity index (χ1v) is 5.43. The minimum atomic E-state index is 0.136. The summed E-state index contributed by atoms with van der Waals surface area (Å²) in [5.41, 5.74) is 6.63. The molecule has 0 aliphatic carbocycles. The first kappa shape index (κ1) is 13.0. The molecule has 3 N–H and O–H groups in total. The molecule has 16 heavy (non-hydrogen) atoms. The van der Waals surface area contributed by atoms with Crippen molar-refractivity contribution in [2.24, 2.45) is 5.73 Å². The number of hydrogen-bond acceptors (Lipinski definition) is 4. The van der Waals surface area contributed by atoms with Crippen LogP contribution in [0.2, 0.25) is 0 Å². The van der Waals surface area contributed by atoms with E-state index < -0.39 is 0 Å². The summed E-state index contributed by atoms with van der Waals surface area (Å²) in [7, 11) is 0. The fraction of sp³-hybridized carbons (Fsp3) is 0.500. The van der Waals surface area contributed by atoms with Crippen molar-refractivity contribution in [3.05, 3.63) is 35.8 Å². The van der Waals surface area contributed by atoms with Crippen molar-refractivity contribution in [2.45, 2.75) is 20.0 Å². The van der Waals surface area contributed by atoms with E-state index in [1.165, 1.54) is 0 Å². The molecule has 1 rings (SSSR count). The third-order valence-electron chi connectivity index (χ3n) is 2.44. The number of hydrogen-bond donors (Lipinski definition) is 2. The average Bonchev–Trinajstić information content (AvgIpc) is 2.59. The summed E-state index contributed by atoms with van der Waals surface area (Å²) >= 11 is 0. The molecule has 1 heterocycles. The monoisotopic (exact) mass is 224 g/mol. The highest BCUT2D eigenvalue weighted by Crippen LogP contribution is 2.15. The summed E-state index contributed by atoms with van der Waals surface area (Å²) in [6.07, 6.45) is 1.81. The van der Waals surface area contributed by atoms with Crippen molar-refractivity contribution in [3.63, 3.8) is 0 Å². The first-order chi connectivity index (χ1) is 7.71. The largest absolute Gasteiger partial charge is 0.463 e. The number of rotatable bonds is 7. The van der Waals surface area contributed by atoms with E-state index in [-0.39, 0.29) is 6.61 Å². The molecule has 0 unspecified atom stereocenters. The predicted molar refractivity (Wildman–Crippen MR) is 63.9 cm³/mol. The second-order valence-corrected chi connectivity index (χ2v) is 3.77. The van der Waals surface area contributed by atoms with Gasteiger partial charge in [-0.2, -0.15) is 0 Å². The highest BCUT2D eigenvalue weighted by Gasteiger charge is 2.09. The molecule has 1 aromatic rings. The molecule has 0 spiro atoms. The van der Waals surface area contributed by atoms with Gasteiger partial charge in [0.2, 0.25) is 0 Å². The lowest BCUT2D eigenvalue weighted by atomic mass is 10.2. The molecule has 1 aromatic heterocycles. The minimum Gasteiger partial charge on any atom is -0.463 e. The van der Waals surface area contributed by atoms with Crippen LogP contribution in [0.1, 0.15) is 17.1 Å². The fourth-order valence-corrected chi connectivity index (χ4v) is 1.65. The first-order valence-electron chi connectivity index (χ1n) is 5.43. The Morgan fingerprint density at radius 1 is 1.62 bits per heavy atom. The van der Waals surface area contributed by atoms with Crippen molar-refractivity contribution in [1.82, 2.24) is 4.90 Å². The van der Waals surface area contributed by atoms with E-state index in [9.17, 15) is 0 Å². The summed E-state index contributed by atoms with van der Waals surface area (Å²) in [5, 5.41) is 8.92. The molecule has 0 fully saturated rings. The van der Waals surface area contributed by atoms with Crippen molar-refractivity contribution in [1.29, 1.82) is 0 Å². The van der Waals surface area contributed by atoms with Crippen LogP contribution in [0.4, 0.5) is 0 Å². The molecule has 0 amide bonds. The highest BCUT2D eigenvalue weighted by atomic mass is 16.3. The number of aliphatic hydroxyl groups excluding tert-OH is 1. The van der Waals surface area contributed by atoms with E-state index in [1.54, 1.807) is 0 Å². The molecular formula is C12H20N2O2. The van der Waals surface area contributed by atoms with Crippen LogP contribution in [0.15, 0.2) is 23.1 Å². The smallest absolute Gasteiger partial charge is 0.120 e. The van der Waals surface area contributed by atoms with Crippen LogP contribution in [-0.4, -0.2) is 29.7 Å². The lowest BCUT2D eigenvalue weighted by Crippen LogP contribution is -2.26. The predicted octanol–water partition coefficient (Wildman–Crippen LogP) is 1.03. The van der Waals surface area contributed by atoms with Gasteiger partial charge in [-0.15, -0.1) is 6.58 Å². The van der Waals surface area contributed by atoms with Crippen LogP contribution in [0, 0.1) is 6.92 Å². The molecule has 0 aliphatic rings. The zero-order chi connectivity index (χ0) is 12.0. The molecule has 0 atom stereocenters. The van der Waals surface area contributed by atoms with Crippen LogP contribution in [-0.2, 0) is 13.1 Å². The van der Waals surface area contributed by atoms with Crippen molar-refractivity contribution in [3.8, 4) is 0 Å². The van der Waals surface area contributed by atoms with Gasteiger partial charge in [-0.05, 0) is 18.6 Å². The van der Waals surface area contributed by atoms with Gasteiger partial charge in [-0.3, -0.25) is 4.90 Å². The Labute approximate surface area is 96.3 Å². The lowest BCUT2D eigenvalue weighted by molar-refractivity contribution is 0.193. The van der Waals surface area contributed by atoms with Crippen LogP contribution >= 0.6 is 0 Å². The van der Waals surface area contributed by atoms with Crippen molar-refractivity contribution >= 4 is 0 Å². The van der Waals surface area contributed by atoms with Gasteiger partial charge < -0.3 is 15.3 Å². The SMILES string of the molecule is C=CCN(CCO)Cc1cc(C)c(CN)o1. The standard InChI is InChI=1S/C12H20N2O2/c1-3-4-14(5-6-15)9-11-7-10(2)12(8-13)16-11/h3,7,15H,1,4-6,8-9,13H2,2H3. The Kier molecular flexibility index (Phi) is 5.25. The highest BCUT2D eigenvalue weighted by molar-refractivity contribution is 5.19. The van der Waals surface area contributed by atoms with E-state index >= 15 is 0 Å². The maximum Gasteiger partial charge on any atom is 0.120 e. The van der Waals surface area contributed by atoms with Gasteiger partial charge in [0.1, 0.15) is 11.5 Å². The fourth-order valence-electron chi connectivity index (χ4n) is 1.65. The quantitative estimate of drug-likeness (QED) is 0.679. The second kappa shape index (κ2) is 6.48. The Balaban J connectivity index is 2.64. The summed E-state index contributed by atoms with van der Waals surface area (Å²) < 4.78 is 5.60. The van der Waals surface area contributed by atoms with Crippen LogP contribution in [0.25, 0.3) is 0 Å². The molecule has 0 radical (unpaired) electrons. The Morgan fingerprint density at radius 2 is 2.38 bits per heavy atom. The number of nitrogens with zero attached hydrogens (tertiary/aromatic N) is 1. The van der Waals surface area contributed by atoms with Crippen LogP contribution in [0.5, 0.6) is 0 Å². The Bertz CT molecular complexity index is 334. The molecule has 0 saturated heterocycles. The van der Waals surface area contributed by atoms with Crippen LogP contribution in [0.3, 0.4) is 0 Å². The van der Waals surface area contributed by atoms with E-state index in [2.05, 4.69) is 11.5 Å². The molecule has 0 aliphatic heterocycles. The zero-order valence-corrected chi connectivity index (χ0v) is 9.78. The summed E-state index contributed by atoms with van der Waals surface area (Å²) in [6, 6.07) is 2.00. The van der Waals surface area contributed by atoms with E-state index in [4.69, 9.17) is 15.3 Å². The normalized spacial score (nSPS) is 11.0. The zero-order valence-electron chi connectivity index (χ0n) is 9.78. The molecule has 0 aromatic carbocycles. The van der Waals surface area contributed by atoms with Gasteiger partial charge in [0.05, 0.1) is 19.7 Å². The average molecular weight is 224 g/mol. The minimum absolute atomic E-state index is 0.136. The van der Waals surface area contributed by atoms with Crippen molar-refractivity contribution < 1.29 is 9.52 Å². The molecular weight excluding hydrogens is 204 g/mol. The topological polar surface area (TPSA) is 62.6 Å². The summed E-state index contributed by atoms with van der Waals surface area (Å²) in [4.78, 5) is 2.06. The van der Waals surface area contributed by atoms with E-state index in [0.717, 1.165) is 23.6 Å². The molecule has 0 bridgehead atoms. The number of aryl methyl sites for hydroxylation is 1. The van der Waals surface area contributed by atoms with Gasteiger partial charge in [-0.25, -0.2) is 0 Å². The van der Waals surface area contributed by atoms with Gasteiger partial charge in [0.15, 0.2) is 0 Å². The summed E-state index contributed by atoms with van der Waals surface area (Å²) in [6.45, 7) is 8.26. The molecule has 0 saturated carbocycles. The number of aliphatic hydroxyl groups is 1. The van der Waals surface area contributed by atoms with Gasteiger partial charge in [-0.1, -0.05) is 6.08 Å². The lowest BCUT2D eigenvalue weighted by Gasteiger charge is -2.17. The number of furan rings is 1. The van der Waals surface area contributed by atoms with E-state index in [0.29, 0.717) is 19.6 Å². The maximum atomic E-state index is 8.92. The maximum absolute atomic E-state index is 8.92. The van der Waals surface area contributed by atoms with Crippen LogP contribution < -0.4 is 5.73 Å². The van der Waals surface area contributed by atoms with Gasteiger partial charge in [0, 0.05) is 13.1 Å². The Hall–Kier alpha value is -1.10. The molecule has 90 valence electrons.